The van der Waals surface area contributed by atoms with Crippen LogP contribution in [0.3, 0.4) is 0 Å². The second-order valence-corrected chi connectivity index (χ2v) is 4.44. The SMILES string of the molecule is CC(C)CCN(C)C(C)CCC(=O)O. The molecule has 0 saturated heterocycles. The van der Waals surface area contributed by atoms with E-state index in [1.165, 1.54) is 6.42 Å². The van der Waals surface area contributed by atoms with Gasteiger partial charge in [-0.1, -0.05) is 13.8 Å². The van der Waals surface area contributed by atoms with Crippen LogP contribution in [0.2, 0.25) is 0 Å². The molecule has 0 aliphatic heterocycles. The lowest BCUT2D eigenvalue weighted by Crippen LogP contribution is -2.31. The molecule has 0 fully saturated rings. The molecule has 0 amide bonds. The number of nitrogens with zero attached hydrogens (tertiary/aromatic N) is 1. The molecule has 14 heavy (non-hydrogen) atoms. The molecular weight excluding hydrogens is 178 g/mol. The summed E-state index contributed by atoms with van der Waals surface area (Å²) in [7, 11) is 2.06. The lowest BCUT2D eigenvalue weighted by Gasteiger charge is -2.24. The maximum atomic E-state index is 10.4. The summed E-state index contributed by atoms with van der Waals surface area (Å²) >= 11 is 0. The second kappa shape index (κ2) is 6.82. The van der Waals surface area contributed by atoms with E-state index in [1.807, 2.05) is 0 Å². The Labute approximate surface area is 87.1 Å². The average molecular weight is 201 g/mol. The second-order valence-electron chi connectivity index (χ2n) is 4.44. The Morgan fingerprint density at radius 1 is 1.29 bits per heavy atom. The highest BCUT2D eigenvalue weighted by Crippen LogP contribution is 2.07. The van der Waals surface area contributed by atoms with Crippen LogP contribution in [0.4, 0.5) is 0 Å². The van der Waals surface area contributed by atoms with Crippen LogP contribution in [0.1, 0.15) is 40.0 Å². The normalized spacial score (nSPS) is 13.6. The first kappa shape index (κ1) is 13.4. The summed E-state index contributed by atoms with van der Waals surface area (Å²) in [5.74, 6) is 0.0123. The van der Waals surface area contributed by atoms with E-state index in [4.69, 9.17) is 5.11 Å². The molecule has 0 bridgehead atoms. The van der Waals surface area contributed by atoms with E-state index in [2.05, 4.69) is 32.7 Å². The van der Waals surface area contributed by atoms with Gasteiger partial charge in [0.2, 0.25) is 0 Å². The Hall–Kier alpha value is -0.570. The van der Waals surface area contributed by atoms with E-state index >= 15 is 0 Å². The summed E-state index contributed by atoms with van der Waals surface area (Å²) in [5.41, 5.74) is 0. The predicted molar refractivity (Wildman–Crippen MR) is 58.4 cm³/mol. The van der Waals surface area contributed by atoms with Crippen molar-refractivity contribution in [1.82, 2.24) is 4.90 Å². The summed E-state index contributed by atoms with van der Waals surface area (Å²) < 4.78 is 0. The van der Waals surface area contributed by atoms with Gasteiger partial charge < -0.3 is 10.0 Å². The first-order valence-electron chi connectivity index (χ1n) is 5.35. The van der Waals surface area contributed by atoms with E-state index in [1.54, 1.807) is 0 Å². The van der Waals surface area contributed by atoms with Gasteiger partial charge in [-0.05, 0) is 39.3 Å². The number of aliphatic carboxylic acids is 1. The lowest BCUT2D eigenvalue weighted by atomic mass is 10.1. The van der Waals surface area contributed by atoms with E-state index in [0.29, 0.717) is 12.0 Å². The first-order chi connectivity index (χ1) is 6.43. The van der Waals surface area contributed by atoms with Gasteiger partial charge in [-0.25, -0.2) is 0 Å². The van der Waals surface area contributed by atoms with E-state index < -0.39 is 5.97 Å². The number of hydrogen-bond donors (Lipinski definition) is 1. The van der Waals surface area contributed by atoms with Gasteiger partial charge >= 0.3 is 5.97 Å². The molecule has 3 nitrogen and oxygen atoms in total. The van der Waals surface area contributed by atoms with Gasteiger partial charge in [-0.15, -0.1) is 0 Å². The first-order valence-corrected chi connectivity index (χ1v) is 5.35. The maximum Gasteiger partial charge on any atom is 0.303 e. The van der Waals surface area contributed by atoms with E-state index in [0.717, 1.165) is 13.0 Å². The van der Waals surface area contributed by atoms with E-state index in [-0.39, 0.29) is 6.42 Å². The van der Waals surface area contributed by atoms with Crippen LogP contribution in [0.5, 0.6) is 0 Å². The van der Waals surface area contributed by atoms with Crippen molar-refractivity contribution in [3.8, 4) is 0 Å². The van der Waals surface area contributed by atoms with Crippen molar-refractivity contribution in [3.63, 3.8) is 0 Å². The third-order valence-corrected chi connectivity index (χ3v) is 2.59. The fraction of sp³-hybridized carbons (Fsp3) is 0.909. The molecule has 0 saturated carbocycles. The van der Waals surface area contributed by atoms with Gasteiger partial charge in [-0.3, -0.25) is 4.79 Å². The fourth-order valence-corrected chi connectivity index (χ4v) is 1.23. The van der Waals surface area contributed by atoms with Crippen molar-refractivity contribution in [2.75, 3.05) is 13.6 Å². The van der Waals surface area contributed by atoms with Crippen molar-refractivity contribution < 1.29 is 9.90 Å². The van der Waals surface area contributed by atoms with Crippen LogP contribution in [0.15, 0.2) is 0 Å². The molecule has 0 spiro atoms. The minimum Gasteiger partial charge on any atom is -0.481 e. The van der Waals surface area contributed by atoms with Gasteiger partial charge in [0.1, 0.15) is 0 Å². The largest absolute Gasteiger partial charge is 0.481 e. The van der Waals surface area contributed by atoms with Gasteiger partial charge in [0.25, 0.3) is 0 Å². The molecule has 0 heterocycles. The average Bonchev–Trinajstić information content (AvgIpc) is 2.09. The zero-order valence-corrected chi connectivity index (χ0v) is 9.79. The molecule has 1 atom stereocenters. The Kier molecular flexibility index (Phi) is 6.54. The van der Waals surface area contributed by atoms with Crippen LogP contribution < -0.4 is 0 Å². The molecule has 0 aromatic rings. The van der Waals surface area contributed by atoms with Crippen LogP contribution in [0, 0.1) is 5.92 Å². The van der Waals surface area contributed by atoms with Crippen LogP contribution >= 0.6 is 0 Å². The molecule has 0 radical (unpaired) electrons. The van der Waals surface area contributed by atoms with Crippen molar-refractivity contribution >= 4 is 5.97 Å². The van der Waals surface area contributed by atoms with Gasteiger partial charge in [0, 0.05) is 12.5 Å². The highest BCUT2D eigenvalue weighted by molar-refractivity contribution is 5.66. The predicted octanol–water partition coefficient (Wildman–Crippen LogP) is 2.22. The summed E-state index contributed by atoms with van der Waals surface area (Å²) in [5, 5.41) is 8.54. The summed E-state index contributed by atoms with van der Waals surface area (Å²) in [4.78, 5) is 12.6. The van der Waals surface area contributed by atoms with Crippen molar-refractivity contribution in [2.24, 2.45) is 5.92 Å². The molecule has 0 aliphatic carbocycles. The topological polar surface area (TPSA) is 40.5 Å². The quantitative estimate of drug-likeness (QED) is 0.686. The number of carboxylic acid groups (broad SMARTS) is 1. The van der Waals surface area contributed by atoms with Crippen LogP contribution in [-0.4, -0.2) is 35.6 Å². The fourth-order valence-electron chi connectivity index (χ4n) is 1.23. The molecule has 84 valence electrons. The van der Waals surface area contributed by atoms with Crippen molar-refractivity contribution in [1.29, 1.82) is 0 Å². The number of carbonyl (C=O) groups is 1. The Balaban J connectivity index is 3.64. The van der Waals surface area contributed by atoms with Gasteiger partial charge in [0.05, 0.1) is 0 Å². The molecule has 3 heteroatoms. The zero-order chi connectivity index (χ0) is 11.1. The van der Waals surface area contributed by atoms with Crippen LogP contribution in [0.25, 0.3) is 0 Å². The molecular formula is C11H23NO2. The van der Waals surface area contributed by atoms with Crippen molar-refractivity contribution in [2.45, 2.75) is 46.1 Å². The number of rotatable bonds is 7. The molecule has 0 aromatic heterocycles. The molecule has 0 rings (SSSR count). The molecule has 0 aromatic carbocycles. The third kappa shape index (κ3) is 6.89. The standard InChI is InChI=1S/C11H23NO2/c1-9(2)7-8-12(4)10(3)5-6-11(13)14/h9-10H,5-8H2,1-4H3,(H,13,14). The number of carboxylic acids is 1. The summed E-state index contributed by atoms with van der Waals surface area (Å²) in [6.45, 7) is 7.55. The minimum atomic E-state index is -0.700. The van der Waals surface area contributed by atoms with Gasteiger partial charge in [0.15, 0.2) is 0 Å². The van der Waals surface area contributed by atoms with Gasteiger partial charge in [-0.2, -0.15) is 0 Å². The smallest absolute Gasteiger partial charge is 0.303 e. The summed E-state index contributed by atoms with van der Waals surface area (Å²) in [6.07, 6.45) is 2.19. The lowest BCUT2D eigenvalue weighted by molar-refractivity contribution is -0.137. The monoisotopic (exact) mass is 201 g/mol. The molecule has 1 N–H and O–H groups in total. The molecule has 1 unspecified atom stereocenters. The minimum absolute atomic E-state index is 0.271. The Morgan fingerprint density at radius 2 is 1.86 bits per heavy atom. The third-order valence-electron chi connectivity index (χ3n) is 2.59. The number of hydrogen-bond acceptors (Lipinski definition) is 2. The van der Waals surface area contributed by atoms with Crippen LogP contribution in [-0.2, 0) is 4.79 Å². The highest BCUT2D eigenvalue weighted by atomic mass is 16.4. The zero-order valence-electron chi connectivity index (χ0n) is 9.79. The Bertz CT molecular complexity index is 169. The maximum absolute atomic E-state index is 10.4. The Morgan fingerprint density at radius 3 is 2.29 bits per heavy atom. The summed E-state index contributed by atoms with van der Waals surface area (Å²) in [6, 6.07) is 0.366. The van der Waals surface area contributed by atoms with E-state index in [9.17, 15) is 4.79 Å². The highest BCUT2D eigenvalue weighted by Gasteiger charge is 2.10. The van der Waals surface area contributed by atoms with Crippen molar-refractivity contribution in [3.05, 3.63) is 0 Å². The molecule has 0 aliphatic rings.